The number of aryl methyl sites for hydroxylation is 1. The molecule has 90 valence electrons. The van der Waals surface area contributed by atoms with Crippen molar-refractivity contribution in [2.45, 2.75) is 6.92 Å². The summed E-state index contributed by atoms with van der Waals surface area (Å²) in [5, 5.41) is 0. The maximum Gasteiger partial charge on any atom is 0.158 e. The molecule has 0 saturated heterocycles. The molecular formula is C12H8BrFN4. The molecule has 0 radical (unpaired) electrons. The Kier molecular flexibility index (Phi) is 2.59. The first-order chi connectivity index (χ1) is 8.63. The largest absolute Gasteiger partial charge is 0.337 e. The van der Waals surface area contributed by atoms with Crippen LogP contribution in [0, 0.1) is 12.7 Å². The van der Waals surface area contributed by atoms with E-state index in [9.17, 15) is 4.39 Å². The number of halogens is 2. The number of nitrogens with zero attached hydrogens (tertiary/aromatic N) is 3. The van der Waals surface area contributed by atoms with Crippen LogP contribution in [0.5, 0.6) is 0 Å². The Balaban J connectivity index is 2.16. The summed E-state index contributed by atoms with van der Waals surface area (Å²) in [6.07, 6.45) is 3.30. The molecule has 0 aliphatic carbocycles. The molecule has 0 atom stereocenters. The smallest absolute Gasteiger partial charge is 0.158 e. The minimum atomic E-state index is -0.326. The second kappa shape index (κ2) is 4.13. The summed E-state index contributed by atoms with van der Waals surface area (Å²) in [4.78, 5) is 15.8. The first-order valence-electron chi connectivity index (χ1n) is 5.27. The number of nitrogens with one attached hydrogen (secondary N) is 1. The van der Waals surface area contributed by atoms with Gasteiger partial charge in [-0.05, 0) is 28.9 Å². The zero-order valence-corrected chi connectivity index (χ0v) is 11.0. The molecular weight excluding hydrogens is 299 g/mol. The molecule has 0 saturated carbocycles. The average molecular weight is 307 g/mol. The van der Waals surface area contributed by atoms with Crippen molar-refractivity contribution in [3.8, 4) is 11.5 Å². The van der Waals surface area contributed by atoms with Crippen LogP contribution in [-0.2, 0) is 0 Å². The number of fused-ring (bicyclic) bond motifs is 1. The lowest BCUT2D eigenvalue weighted by molar-refractivity contribution is 0.623. The van der Waals surface area contributed by atoms with Crippen molar-refractivity contribution in [2.75, 3.05) is 0 Å². The van der Waals surface area contributed by atoms with Crippen LogP contribution in [0.4, 0.5) is 4.39 Å². The van der Waals surface area contributed by atoms with E-state index >= 15 is 0 Å². The molecule has 1 N–H and O–H groups in total. The van der Waals surface area contributed by atoms with Crippen LogP contribution in [0.1, 0.15) is 5.69 Å². The zero-order chi connectivity index (χ0) is 12.7. The van der Waals surface area contributed by atoms with E-state index in [-0.39, 0.29) is 5.82 Å². The average Bonchev–Trinajstić information content (AvgIpc) is 2.73. The standard InChI is InChI=1S/C12H8BrFN4/c1-6-4-16-11(5-15-6)12-17-9-2-7(13)8(14)3-10(9)18-12/h2-5H,1H3,(H,17,18). The van der Waals surface area contributed by atoms with Gasteiger partial charge in [0.1, 0.15) is 11.5 Å². The van der Waals surface area contributed by atoms with Gasteiger partial charge in [0, 0.05) is 12.3 Å². The van der Waals surface area contributed by atoms with Gasteiger partial charge in [0.2, 0.25) is 0 Å². The van der Waals surface area contributed by atoms with Gasteiger partial charge in [-0.2, -0.15) is 0 Å². The highest BCUT2D eigenvalue weighted by Gasteiger charge is 2.09. The van der Waals surface area contributed by atoms with Crippen LogP contribution < -0.4 is 0 Å². The number of benzene rings is 1. The van der Waals surface area contributed by atoms with Crippen molar-refractivity contribution in [1.29, 1.82) is 0 Å². The lowest BCUT2D eigenvalue weighted by atomic mass is 10.3. The Labute approximate surface area is 110 Å². The number of imidazole rings is 1. The van der Waals surface area contributed by atoms with Crippen LogP contribution in [0.15, 0.2) is 29.0 Å². The summed E-state index contributed by atoms with van der Waals surface area (Å²) < 4.78 is 13.8. The fourth-order valence-electron chi connectivity index (χ4n) is 1.64. The molecule has 4 nitrogen and oxygen atoms in total. The quantitative estimate of drug-likeness (QED) is 0.751. The third-order valence-electron chi connectivity index (χ3n) is 2.55. The summed E-state index contributed by atoms with van der Waals surface area (Å²) in [5.41, 5.74) is 2.78. The molecule has 0 amide bonds. The van der Waals surface area contributed by atoms with Crippen molar-refractivity contribution in [3.63, 3.8) is 0 Å². The molecule has 2 aromatic heterocycles. The van der Waals surface area contributed by atoms with E-state index in [0.717, 1.165) is 5.69 Å². The predicted octanol–water partition coefficient (Wildman–Crippen LogP) is 3.23. The molecule has 2 heterocycles. The van der Waals surface area contributed by atoms with Crippen molar-refractivity contribution in [3.05, 3.63) is 40.5 Å². The van der Waals surface area contributed by atoms with Crippen LogP contribution in [0.25, 0.3) is 22.6 Å². The van der Waals surface area contributed by atoms with Crippen LogP contribution in [-0.4, -0.2) is 19.9 Å². The summed E-state index contributed by atoms with van der Waals surface area (Å²) in [6, 6.07) is 3.03. The SMILES string of the molecule is Cc1cnc(-c2nc3cc(Br)c(F)cc3[nH]2)cn1. The third-order valence-corrected chi connectivity index (χ3v) is 3.16. The number of rotatable bonds is 1. The molecule has 0 spiro atoms. The lowest BCUT2D eigenvalue weighted by Crippen LogP contribution is -1.89. The molecule has 0 unspecified atom stereocenters. The summed E-state index contributed by atoms with van der Waals surface area (Å²) in [7, 11) is 0. The summed E-state index contributed by atoms with van der Waals surface area (Å²) >= 11 is 3.13. The van der Waals surface area contributed by atoms with Crippen molar-refractivity contribution >= 4 is 27.0 Å². The molecule has 3 aromatic rings. The Morgan fingerprint density at radius 3 is 2.78 bits per heavy atom. The minimum absolute atomic E-state index is 0.326. The topological polar surface area (TPSA) is 54.5 Å². The number of hydrogen-bond acceptors (Lipinski definition) is 3. The van der Waals surface area contributed by atoms with Gasteiger partial charge in [-0.3, -0.25) is 4.98 Å². The summed E-state index contributed by atoms with van der Waals surface area (Å²) in [5.74, 6) is 0.252. The fraction of sp³-hybridized carbons (Fsp3) is 0.0833. The van der Waals surface area contributed by atoms with Crippen molar-refractivity contribution in [1.82, 2.24) is 19.9 Å². The van der Waals surface area contributed by atoms with Crippen molar-refractivity contribution in [2.24, 2.45) is 0 Å². The van der Waals surface area contributed by atoms with E-state index in [1.54, 1.807) is 18.5 Å². The fourth-order valence-corrected chi connectivity index (χ4v) is 1.97. The number of H-pyrrole nitrogens is 1. The van der Waals surface area contributed by atoms with Gasteiger partial charge in [0.15, 0.2) is 5.82 Å². The maximum absolute atomic E-state index is 13.4. The Morgan fingerprint density at radius 1 is 1.22 bits per heavy atom. The molecule has 1 aromatic carbocycles. The number of hydrogen-bond donors (Lipinski definition) is 1. The van der Waals surface area contributed by atoms with Crippen molar-refractivity contribution < 1.29 is 4.39 Å². The monoisotopic (exact) mass is 306 g/mol. The highest BCUT2D eigenvalue weighted by molar-refractivity contribution is 9.10. The van der Waals surface area contributed by atoms with Gasteiger partial charge >= 0.3 is 0 Å². The van der Waals surface area contributed by atoms with Gasteiger partial charge in [-0.1, -0.05) is 0 Å². The second-order valence-corrected chi connectivity index (χ2v) is 4.77. The van der Waals surface area contributed by atoms with E-state index in [0.29, 0.717) is 27.0 Å². The van der Waals surface area contributed by atoms with Gasteiger partial charge in [0.05, 0.1) is 27.4 Å². The number of aromatic amines is 1. The predicted molar refractivity (Wildman–Crippen MR) is 69.5 cm³/mol. The lowest BCUT2D eigenvalue weighted by Gasteiger charge is -1.94. The number of aromatic nitrogens is 4. The molecule has 18 heavy (non-hydrogen) atoms. The van der Waals surface area contributed by atoms with Crippen LogP contribution in [0.2, 0.25) is 0 Å². The first-order valence-corrected chi connectivity index (χ1v) is 6.06. The Hall–Kier alpha value is -1.82. The van der Waals surface area contributed by atoms with Gasteiger partial charge in [-0.25, -0.2) is 14.4 Å². The van der Waals surface area contributed by atoms with E-state index in [1.807, 2.05) is 6.92 Å². The molecule has 0 bridgehead atoms. The Bertz CT molecular complexity index is 682. The van der Waals surface area contributed by atoms with Crippen LogP contribution >= 0.6 is 15.9 Å². The highest BCUT2D eigenvalue weighted by Crippen LogP contribution is 2.24. The van der Waals surface area contributed by atoms with Gasteiger partial charge in [0.25, 0.3) is 0 Å². The van der Waals surface area contributed by atoms with Gasteiger partial charge < -0.3 is 4.98 Å². The summed E-state index contributed by atoms with van der Waals surface area (Å²) in [6.45, 7) is 1.86. The molecule has 0 aliphatic rings. The maximum atomic E-state index is 13.4. The van der Waals surface area contributed by atoms with Crippen LogP contribution in [0.3, 0.4) is 0 Å². The van der Waals surface area contributed by atoms with E-state index in [1.165, 1.54) is 6.07 Å². The van der Waals surface area contributed by atoms with E-state index in [2.05, 4.69) is 35.9 Å². The normalized spacial score (nSPS) is 11.1. The molecule has 0 aliphatic heterocycles. The van der Waals surface area contributed by atoms with E-state index < -0.39 is 0 Å². The molecule has 3 rings (SSSR count). The first kappa shape index (κ1) is 11.3. The minimum Gasteiger partial charge on any atom is -0.337 e. The molecule has 0 fully saturated rings. The highest BCUT2D eigenvalue weighted by atomic mass is 79.9. The van der Waals surface area contributed by atoms with E-state index in [4.69, 9.17) is 0 Å². The third kappa shape index (κ3) is 1.88. The Morgan fingerprint density at radius 2 is 2.06 bits per heavy atom. The molecule has 6 heteroatoms. The van der Waals surface area contributed by atoms with Gasteiger partial charge in [-0.15, -0.1) is 0 Å². The second-order valence-electron chi connectivity index (χ2n) is 3.91. The zero-order valence-electron chi connectivity index (χ0n) is 9.41.